The van der Waals surface area contributed by atoms with Crippen LogP contribution in [0, 0.1) is 11.6 Å². The topological polar surface area (TPSA) is 32.3 Å². The summed E-state index contributed by atoms with van der Waals surface area (Å²) in [6.07, 6.45) is -0.520. The fraction of sp³-hybridized carbons (Fsp3) is 0.0500. The number of para-hydroxylation sites is 1. The van der Waals surface area contributed by atoms with Gasteiger partial charge in [-0.1, -0.05) is 24.3 Å². The number of hydrogen-bond acceptors (Lipinski definition) is 2. The number of benzene rings is 3. The normalized spacial score (nSPS) is 16.3. The monoisotopic (exact) mass is 336 g/mol. The van der Waals surface area contributed by atoms with Crippen LogP contribution >= 0.6 is 0 Å². The lowest BCUT2D eigenvalue weighted by Crippen LogP contribution is -2.43. The molecule has 5 heteroatoms. The zero-order chi connectivity index (χ0) is 17.4. The van der Waals surface area contributed by atoms with Crippen molar-refractivity contribution in [1.82, 2.24) is 0 Å². The van der Waals surface area contributed by atoms with Crippen LogP contribution in [0.5, 0.6) is 0 Å². The summed E-state index contributed by atoms with van der Waals surface area (Å²) in [6.45, 7) is 0. The molecule has 25 heavy (non-hydrogen) atoms. The summed E-state index contributed by atoms with van der Waals surface area (Å²) in [7, 11) is 0. The van der Waals surface area contributed by atoms with E-state index in [0.29, 0.717) is 16.9 Å². The molecule has 1 amide bonds. The van der Waals surface area contributed by atoms with Crippen LogP contribution in [-0.2, 0) is 0 Å². The number of anilines is 2. The standard InChI is InChI=1S/C20H14F2N2O/c21-14-7-5-13(6-8-14)19-23-18-4-2-1-3-17(18)20(25)24(19)16-11-9-15(22)10-12-16/h1-12,19,23H/t19-/m1/s1. The minimum atomic E-state index is -0.520. The highest BCUT2D eigenvalue weighted by Crippen LogP contribution is 2.36. The third-order valence-electron chi connectivity index (χ3n) is 4.22. The highest BCUT2D eigenvalue weighted by molar-refractivity contribution is 6.12. The first kappa shape index (κ1) is 15.3. The number of fused-ring (bicyclic) bond motifs is 1. The molecule has 0 fully saturated rings. The molecule has 1 aliphatic rings. The Morgan fingerprint density at radius 1 is 0.800 bits per heavy atom. The lowest BCUT2D eigenvalue weighted by atomic mass is 10.0. The minimum Gasteiger partial charge on any atom is -0.360 e. The van der Waals surface area contributed by atoms with E-state index in [9.17, 15) is 13.6 Å². The van der Waals surface area contributed by atoms with Crippen LogP contribution < -0.4 is 10.2 Å². The first-order valence-electron chi connectivity index (χ1n) is 7.83. The summed E-state index contributed by atoms with van der Waals surface area (Å²) in [5.74, 6) is -0.921. The van der Waals surface area contributed by atoms with Gasteiger partial charge in [-0.25, -0.2) is 8.78 Å². The molecule has 0 aromatic heterocycles. The molecular weight excluding hydrogens is 322 g/mol. The number of halogens is 2. The molecule has 1 atom stereocenters. The van der Waals surface area contributed by atoms with Gasteiger partial charge in [0, 0.05) is 11.4 Å². The predicted molar refractivity (Wildman–Crippen MR) is 92.4 cm³/mol. The van der Waals surface area contributed by atoms with E-state index in [-0.39, 0.29) is 17.5 Å². The molecule has 0 radical (unpaired) electrons. The first-order chi connectivity index (χ1) is 12.1. The number of hydrogen-bond donors (Lipinski definition) is 1. The summed E-state index contributed by atoms with van der Waals surface area (Å²) < 4.78 is 26.6. The van der Waals surface area contributed by atoms with Crippen molar-refractivity contribution < 1.29 is 13.6 Å². The summed E-state index contributed by atoms with van der Waals surface area (Å²) >= 11 is 0. The van der Waals surface area contributed by atoms with Gasteiger partial charge < -0.3 is 5.32 Å². The van der Waals surface area contributed by atoms with Crippen LogP contribution in [0.3, 0.4) is 0 Å². The van der Waals surface area contributed by atoms with Gasteiger partial charge >= 0.3 is 0 Å². The number of amides is 1. The number of carbonyl (C=O) groups is 1. The van der Waals surface area contributed by atoms with Gasteiger partial charge in [0.1, 0.15) is 17.8 Å². The van der Waals surface area contributed by atoms with Crippen LogP contribution in [0.15, 0.2) is 72.8 Å². The van der Waals surface area contributed by atoms with E-state index in [1.807, 2.05) is 12.1 Å². The van der Waals surface area contributed by atoms with Crippen molar-refractivity contribution in [3.63, 3.8) is 0 Å². The van der Waals surface area contributed by atoms with E-state index in [0.717, 1.165) is 5.56 Å². The van der Waals surface area contributed by atoms with Crippen molar-refractivity contribution in [2.24, 2.45) is 0 Å². The molecule has 1 heterocycles. The maximum atomic E-state index is 13.3. The summed E-state index contributed by atoms with van der Waals surface area (Å²) in [5.41, 5.74) is 2.53. The Morgan fingerprint density at radius 3 is 2.08 bits per heavy atom. The Hall–Kier alpha value is -3.21. The van der Waals surface area contributed by atoms with E-state index in [1.165, 1.54) is 24.3 Å². The van der Waals surface area contributed by atoms with Gasteiger partial charge in [-0.05, 0) is 54.1 Å². The van der Waals surface area contributed by atoms with E-state index in [2.05, 4.69) is 5.32 Å². The minimum absolute atomic E-state index is 0.199. The summed E-state index contributed by atoms with van der Waals surface area (Å²) in [6, 6.07) is 18.9. The van der Waals surface area contributed by atoms with Crippen LogP contribution in [0.4, 0.5) is 20.2 Å². The summed E-state index contributed by atoms with van der Waals surface area (Å²) in [4.78, 5) is 14.6. The van der Waals surface area contributed by atoms with Gasteiger partial charge in [-0.3, -0.25) is 9.69 Å². The molecule has 1 N–H and O–H groups in total. The average Bonchev–Trinajstić information content (AvgIpc) is 2.63. The zero-order valence-corrected chi connectivity index (χ0v) is 13.1. The van der Waals surface area contributed by atoms with Crippen molar-refractivity contribution in [2.75, 3.05) is 10.2 Å². The Balaban J connectivity index is 1.85. The Kier molecular flexibility index (Phi) is 3.69. The lowest BCUT2D eigenvalue weighted by molar-refractivity contribution is 0.0975. The third-order valence-corrected chi connectivity index (χ3v) is 4.22. The van der Waals surface area contributed by atoms with Gasteiger partial charge in [0.2, 0.25) is 0 Å². The van der Waals surface area contributed by atoms with Crippen molar-refractivity contribution in [3.05, 3.63) is 95.6 Å². The maximum Gasteiger partial charge on any atom is 0.262 e. The molecule has 0 spiro atoms. The molecule has 0 saturated heterocycles. The summed E-state index contributed by atoms with van der Waals surface area (Å²) in [5, 5.41) is 3.32. The van der Waals surface area contributed by atoms with E-state index in [1.54, 1.807) is 41.3 Å². The van der Waals surface area contributed by atoms with Crippen molar-refractivity contribution >= 4 is 17.3 Å². The number of nitrogens with zero attached hydrogens (tertiary/aromatic N) is 1. The quantitative estimate of drug-likeness (QED) is 0.733. The molecule has 0 unspecified atom stereocenters. The molecular formula is C20H14F2N2O. The number of nitrogens with one attached hydrogen (secondary N) is 1. The van der Waals surface area contributed by atoms with Crippen LogP contribution in [-0.4, -0.2) is 5.91 Å². The smallest absolute Gasteiger partial charge is 0.262 e. The van der Waals surface area contributed by atoms with Crippen molar-refractivity contribution in [2.45, 2.75) is 6.17 Å². The third kappa shape index (κ3) is 2.74. The maximum absolute atomic E-state index is 13.3. The SMILES string of the molecule is O=C1c2ccccc2N[C@@H](c2ccc(F)cc2)N1c1ccc(F)cc1. The predicted octanol–water partition coefficient (Wildman–Crippen LogP) is 4.74. The molecule has 0 saturated carbocycles. The molecule has 1 aliphatic heterocycles. The number of carbonyl (C=O) groups excluding carboxylic acids is 1. The van der Waals surface area contributed by atoms with E-state index in [4.69, 9.17) is 0 Å². The van der Waals surface area contributed by atoms with Crippen molar-refractivity contribution in [1.29, 1.82) is 0 Å². The largest absolute Gasteiger partial charge is 0.360 e. The van der Waals surface area contributed by atoms with Gasteiger partial charge in [0.05, 0.1) is 5.56 Å². The van der Waals surface area contributed by atoms with Crippen LogP contribution in [0.25, 0.3) is 0 Å². The highest BCUT2D eigenvalue weighted by atomic mass is 19.1. The molecule has 3 aromatic carbocycles. The zero-order valence-electron chi connectivity index (χ0n) is 13.1. The van der Waals surface area contributed by atoms with E-state index >= 15 is 0 Å². The first-order valence-corrected chi connectivity index (χ1v) is 7.83. The second-order valence-corrected chi connectivity index (χ2v) is 5.80. The Bertz CT molecular complexity index is 923. The highest BCUT2D eigenvalue weighted by Gasteiger charge is 2.33. The van der Waals surface area contributed by atoms with E-state index < -0.39 is 6.17 Å². The number of rotatable bonds is 2. The fourth-order valence-corrected chi connectivity index (χ4v) is 3.00. The molecule has 3 nitrogen and oxygen atoms in total. The van der Waals surface area contributed by atoms with Crippen LogP contribution in [0.1, 0.15) is 22.1 Å². The molecule has 124 valence electrons. The van der Waals surface area contributed by atoms with Crippen molar-refractivity contribution in [3.8, 4) is 0 Å². The molecule has 4 rings (SSSR count). The van der Waals surface area contributed by atoms with Gasteiger partial charge in [-0.15, -0.1) is 0 Å². The molecule has 3 aromatic rings. The Labute approximate surface area is 143 Å². The fourth-order valence-electron chi connectivity index (χ4n) is 3.00. The van der Waals surface area contributed by atoms with Crippen LogP contribution in [0.2, 0.25) is 0 Å². The Morgan fingerprint density at radius 2 is 1.40 bits per heavy atom. The average molecular weight is 336 g/mol. The molecule has 0 bridgehead atoms. The van der Waals surface area contributed by atoms with Gasteiger partial charge in [0.25, 0.3) is 5.91 Å². The second-order valence-electron chi connectivity index (χ2n) is 5.80. The molecule has 0 aliphatic carbocycles. The van der Waals surface area contributed by atoms with Gasteiger partial charge in [0.15, 0.2) is 0 Å². The lowest BCUT2D eigenvalue weighted by Gasteiger charge is -2.38. The van der Waals surface area contributed by atoms with Gasteiger partial charge in [-0.2, -0.15) is 0 Å². The second kappa shape index (κ2) is 6.02.